The standard InChI is InChI=1S/C25H24Cl2N4O2.C2H6/c1-25(2,3)33-24(32)31-10-8-30(9-11-31)23-17(14-28)15-29-22-13-21(27)19(12-20(22)23)16-4-6-18(26)7-5-16;1-2/h4-7,12-13,15H,8-11H2,1-3H3;1-2H3. The number of nitrogens with zero attached hydrogens (tertiary/aromatic N) is 4. The quantitative estimate of drug-likeness (QED) is 0.364. The number of halogens is 2. The second-order valence-corrected chi connectivity index (χ2v) is 9.79. The average molecular weight is 513 g/mol. The van der Waals surface area contributed by atoms with Crippen molar-refractivity contribution in [1.82, 2.24) is 9.88 Å². The number of fused-ring (bicyclic) bond motifs is 1. The van der Waals surface area contributed by atoms with E-state index in [4.69, 9.17) is 27.9 Å². The van der Waals surface area contributed by atoms with Crippen LogP contribution in [0.2, 0.25) is 10.0 Å². The van der Waals surface area contributed by atoms with Gasteiger partial charge in [-0.15, -0.1) is 0 Å². The first-order valence-electron chi connectivity index (χ1n) is 11.7. The van der Waals surface area contributed by atoms with Crippen LogP contribution in [0.1, 0.15) is 40.2 Å². The lowest BCUT2D eigenvalue weighted by atomic mass is 10.0. The molecular formula is C27H30Cl2N4O2. The summed E-state index contributed by atoms with van der Waals surface area (Å²) in [6, 6.07) is 13.5. The molecule has 0 saturated carbocycles. The minimum absolute atomic E-state index is 0.320. The van der Waals surface area contributed by atoms with E-state index in [-0.39, 0.29) is 6.09 Å². The van der Waals surface area contributed by atoms with Gasteiger partial charge in [0.1, 0.15) is 11.7 Å². The van der Waals surface area contributed by atoms with Crippen molar-refractivity contribution < 1.29 is 9.53 Å². The van der Waals surface area contributed by atoms with Crippen LogP contribution in [0, 0.1) is 11.3 Å². The van der Waals surface area contributed by atoms with Gasteiger partial charge in [-0.25, -0.2) is 4.79 Å². The molecule has 1 aliphatic heterocycles. The smallest absolute Gasteiger partial charge is 0.410 e. The Kier molecular flexibility index (Phi) is 8.47. The summed E-state index contributed by atoms with van der Waals surface area (Å²) >= 11 is 12.6. The number of hydrogen-bond acceptors (Lipinski definition) is 5. The molecule has 184 valence electrons. The van der Waals surface area contributed by atoms with Crippen molar-refractivity contribution in [3.63, 3.8) is 0 Å². The molecule has 2 aromatic carbocycles. The molecule has 35 heavy (non-hydrogen) atoms. The van der Waals surface area contributed by atoms with E-state index in [0.717, 1.165) is 22.2 Å². The predicted octanol–water partition coefficient (Wildman–Crippen LogP) is 7.16. The molecule has 1 aromatic heterocycles. The topological polar surface area (TPSA) is 69.5 Å². The van der Waals surface area contributed by atoms with Crippen molar-refractivity contribution in [2.24, 2.45) is 0 Å². The number of amides is 1. The molecule has 0 spiro atoms. The zero-order valence-electron chi connectivity index (χ0n) is 20.7. The number of hydrogen-bond donors (Lipinski definition) is 0. The highest BCUT2D eigenvalue weighted by Gasteiger charge is 2.28. The molecule has 0 N–H and O–H groups in total. The molecule has 2 heterocycles. The van der Waals surface area contributed by atoms with Gasteiger partial charge in [0.25, 0.3) is 0 Å². The van der Waals surface area contributed by atoms with E-state index in [1.54, 1.807) is 11.1 Å². The van der Waals surface area contributed by atoms with E-state index in [1.807, 2.05) is 71.0 Å². The third-order valence-electron chi connectivity index (χ3n) is 5.45. The number of anilines is 1. The number of carbonyl (C=O) groups is 1. The van der Waals surface area contributed by atoms with Crippen molar-refractivity contribution in [3.05, 3.63) is 58.2 Å². The zero-order chi connectivity index (χ0) is 25.8. The summed E-state index contributed by atoms with van der Waals surface area (Å²) in [5, 5.41) is 11.9. The Bertz CT molecular complexity index is 1240. The maximum absolute atomic E-state index is 12.5. The Morgan fingerprint density at radius 3 is 2.26 bits per heavy atom. The lowest BCUT2D eigenvalue weighted by molar-refractivity contribution is 0.0240. The van der Waals surface area contributed by atoms with Gasteiger partial charge in [0.2, 0.25) is 0 Å². The summed E-state index contributed by atoms with van der Waals surface area (Å²) in [5.41, 5.74) is 3.22. The van der Waals surface area contributed by atoms with Gasteiger partial charge >= 0.3 is 6.09 Å². The summed E-state index contributed by atoms with van der Waals surface area (Å²) in [7, 11) is 0. The highest BCUT2D eigenvalue weighted by Crippen LogP contribution is 2.37. The average Bonchev–Trinajstić information content (AvgIpc) is 2.84. The predicted molar refractivity (Wildman–Crippen MR) is 143 cm³/mol. The molecule has 0 bridgehead atoms. The molecule has 0 atom stereocenters. The number of carbonyl (C=O) groups excluding carboxylic acids is 1. The number of rotatable bonds is 2. The van der Waals surface area contributed by atoms with Crippen LogP contribution in [0.5, 0.6) is 0 Å². The van der Waals surface area contributed by atoms with Crippen molar-refractivity contribution in [3.8, 4) is 17.2 Å². The SMILES string of the molecule is CC.CC(C)(C)OC(=O)N1CCN(c2c(C#N)cnc3cc(Cl)c(-c4ccc(Cl)cc4)cc23)CC1. The number of benzene rings is 2. The molecule has 6 nitrogen and oxygen atoms in total. The highest BCUT2D eigenvalue weighted by molar-refractivity contribution is 6.34. The van der Waals surface area contributed by atoms with Gasteiger partial charge in [-0.05, 0) is 50.6 Å². The summed E-state index contributed by atoms with van der Waals surface area (Å²) < 4.78 is 5.50. The van der Waals surface area contributed by atoms with Crippen LogP contribution in [0.3, 0.4) is 0 Å². The molecule has 0 aliphatic carbocycles. The molecule has 1 saturated heterocycles. The minimum Gasteiger partial charge on any atom is -0.444 e. The fourth-order valence-corrected chi connectivity index (χ4v) is 4.30. The van der Waals surface area contributed by atoms with Gasteiger partial charge in [-0.1, -0.05) is 49.2 Å². The maximum Gasteiger partial charge on any atom is 0.410 e. The third kappa shape index (κ3) is 6.17. The van der Waals surface area contributed by atoms with Gasteiger partial charge in [-0.2, -0.15) is 5.26 Å². The molecule has 3 aromatic rings. The van der Waals surface area contributed by atoms with Gasteiger partial charge in [0.15, 0.2) is 0 Å². The van der Waals surface area contributed by atoms with E-state index < -0.39 is 5.60 Å². The summed E-state index contributed by atoms with van der Waals surface area (Å²) in [4.78, 5) is 20.7. The molecule has 1 fully saturated rings. The molecule has 0 radical (unpaired) electrons. The Balaban J connectivity index is 0.00000167. The number of nitriles is 1. The zero-order valence-corrected chi connectivity index (χ0v) is 22.2. The molecule has 4 rings (SSSR count). The van der Waals surface area contributed by atoms with Crippen LogP contribution < -0.4 is 4.90 Å². The Hall–Kier alpha value is -3.01. The first-order chi connectivity index (χ1) is 16.7. The summed E-state index contributed by atoms with van der Waals surface area (Å²) in [5.74, 6) is 0. The molecule has 0 unspecified atom stereocenters. The van der Waals surface area contributed by atoms with Gasteiger partial charge in [0.05, 0.1) is 21.8 Å². The minimum atomic E-state index is -0.541. The van der Waals surface area contributed by atoms with Crippen molar-refractivity contribution in [2.45, 2.75) is 40.2 Å². The van der Waals surface area contributed by atoms with Crippen LogP contribution in [-0.4, -0.2) is 47.8 Å². The van der Waals surface area contributed by atoms with Crippen LogP contribution in [-0.2, 0) is 4.74 Å². The third-order valence-corrected chi connectivity index (χ3v) is 6.02. The number of ether oxygens (including phenoxy) is 1. The maximum atomic E-state index is 12.5. The Morgan fingerprint density at radius 2 is 1.69 bits per heavy atom. The lowest BCUT2D eigenvalue weighted by Gasteiger charge is -2.37. The van der Waals surface area contributed by atoms with Crippen LogP contribution in [0.4, 0.5) is 10.5 Å². The molecule has 1 aliphatic rings. The van der Waals surface area contributed by atoms with E-state index in [9.17, 15) is 10.1 Å². The Morgan fingerprint density at radius 1 is 1.06 bits per heavy atom. The number of pyridine rings is 1. The molecule has 8 heteroatoms. The summed E-state index contributed by atoms with van der Waals surface area (Å²) in [6.07, 6.45) is 1.26. The fourth-order valence-electron chi connectivity index (χ4n) is 3.91. The normalized spacial score (nSPS) is 13.7. The van der Waals surface area contributed by atoms with E-state index >= 15 is 0 Å². The monoisotopic (exact) mass is 512 g/mol. The number of aromatic nitrogens is 1. The van der Waals surface area contributed by atoms with Gasteiger partial charge < -0.3 is 14.5 Å². The number of piperazine rings is 1. The first kappa shape index (κ1) is 26.6. The van der Waals surface area contributed by atoms with Crippen LogP contribution >= 0.6 is 23.2 Å². The molecular weight excluding hydrogens is 483 g/mol. The second-order valence-electron chi connectivity index (χ2n) is 8.94. The molecule has 1 amide bonds. The van der Waals surface area contributed by atoms with Crippen LogP contribution in [0.15, 0.2) is 42.6 Å². The highest BCUT2D eigenvalue weighted by atomic mass is 35.5. The van der Waals surface area contributed by atoms with Crippen molar-refractivity contribution in [2.75, 3.05) is 31.1 Å². The second kappa shape index (κ2) is 11.2. The summed E-state index contributed by atoms with van der Waals surface area (Å²) in [6.45, 7) is 11.7. The fraction of sp³-hybridized carbons (Fsp3) is 0.370. The largest absolute Gasteiger partial charge is 0.444 e. The van der Waals surface area contributed by atoms with Crippen molar-refractivity contribution in [1.29, 1.82) is 5.26 Å². The first-order valence-corrected chi connectivity index (χ1v) is 12.4. The van der Waals surface area contributed by atoms with E-state index in [0.29, 0.717) is 47.3 Å². The van der Waals surface area contributed by atoms with Crippen LogP contribution in [0.25, 0.3) is 22.0 Å². The van der Waals surface area contributed by atoms with Gasteiger partial charge in [0, 0.05) is 48.3 Å². The lowest BCUT2D eigenvalue weighted by Crippen LogP contribution is -2.50. The van der Waals surface area contributed by atoms with E-state index in [2.05, 4.69) is 16.0 Å². The van der Waals surface area contributed by atoms with Crippen molar-refractivity contribution >= 4 is 45.9 Å². The van der Waals surface area contributed by atoms with E-state index in [1.165, 1.54) is 0 Å². The van der Waals surface area contributed by atoms with Gasteiger partial charge in [-0.3, -0.25) is 4.98 Å². The Labute approximate surface area is 217 Å².